The first kappa shape index (κ1) is 18.8. The Morgan fingerprint density at radius 1 is 1.12 bits per heavy atom. The molecule has 3 rings (SSSR count). The van der Waals surface area contributed by atoms with Gasteiger partial charge in [-0.25, -0.2) is 0 Å². The lowest BCUT2D eigenvalue weighted by atomic mass is 9.98. The molecule has 0 spiro atoms. The number of morpholine rings is 1. The Hall–Kier alpha value is -1.96. The molecule has 2 saturated heterocycles. The zero-order valence-electron chi connectivity index (χ0n) is 15.0. The van der Waals surface area contributed by atoms with Gasteiger partial charge in [0.15, 0.2) is 0 Å². The maximum Gasteiger partial charge on any atom is 0.307 e. The minimum Gasteiger partial charge on any atom is -0.481 e. The predicted octanol–water partition coefficient (Wildman–Crippen LogP) is 1.25. The molecule has 7 heteroatoms. The van der Waals surface area contributed by atoms with E-state index in [0.29, 0.717) is 13.0 Å². The fourth-order valence-electron chi connectivity index (χ4n) is 3.52. The number of likely N-dealkylation sites (tertiary alicyclic amines) is 1. The molecule has 2 N–H and O–H groups in total. The minimum atomic E-state index is -0.772. The molecule has 2 aliphatic heterocycles. The molecule has 1 aromatic carbocycles. The van der Waals surface area contributed by atoms with E-state index < -0.39 is 5.97 Å². The second-order valence-electron chi connectivity index (χ2n) is 7.05. The summed E-state index contributed by atoms with van der Waals surface area (Å²) in [4.78, 5) is 27.6. The van der Waals surface area contributed by atoms with E-state index in [0.717, 1.165) is 51.5 Å². The number of piperidine rings is 1. The van der Waals surface area contributed by atoms with Crippen molar-refractivity contribution in [1.82, 2.24) is 9.80 Å². The first-order chi connectivity index (χ1) is 12.6. The molecule has 7 nitrogen and oxygen atoms in total. The maximum absolute atomic E-state index is 12.2. The van der Waals surface area contributed by atoms with Crippen LogP contribution in [-0.2, 0) is 20.9 Å². The second-order valence-corrected chi connectivity index (χ2v) is 7.05. The van der Waals surface area contributed by atoms with Crippen molar-refractivity contribution < 1.29 is 19.4 Å². The molecule has 1 aromatic rings. The molecule has 1 amide bonds. The lowest BCUT2D eigenvalue weighted by molar-refractivity contribution is -0.144. The van der Waals surface area contributed by atoms with Crippen molar-refractivity contribution in [3.63, 3.8) is 0 Å². The van der Waals surface area contributed by atoms with Gasteiger partial charge in [0.25, 0.3) is 0 Å². The number of hydrogen-bond acceptors (Lipinski definition) is 5. The predicted molar refractivity (Wildman–Crippen MR) is 98.0 cm³/mol. The molecule has 1 atom stereocenters. The third kappa shape index (κ3) is 5.52. The lowest BCUT2D eigenvalue weighted by Gasteiger charge is -2.29. The Kier molecular flexibility index (Phi) is 6.60. The van der Waals surface area contributed by atoms with E-state index in [1.807, 2.05) is 29.2 Å². The van der Waals surface area contributed by atoms with Crippen molar-refractivity contribution in [2.75, 3.05) is 51.3 Å². The number of amides is 1. The van der Waals surface area contributed by atoms with E-state index in [4.69, 9.17) is 9.84 Å². The second kappa shape index (κ2) is 9.12. The van der Waals surface area contributed by atoms with Crippen LogP contribution >= 0.6 is 0 Å². The average molecular weight is 361 g/mol. The van der Waals surface area contributed by atoms with Gasteiger partial charge in [-0.1, -0.05) is 12.1 Å². The van der Waals surface area contributed by atoms with Crippen LogP contribution in [0.15, 0.2) is 24.3 Å². The Bertz CT molecular complexity index is 614. The number of benzene rings is 1. The van der Waals surface area contributed by atoms with E-state index in [9.17, 15) is 9.59 Å². The Morgan fingerprint density at radius 2 is 1.85 bits per heavy atom. The molecule has 0 saturated carbocycles. The summed E-state index contributed by atoms with van der Waals surface area (Å²) in [7, 11) is 0. The number of ether oxygens (including phenoxy) is 1. The highest BCUT2D eigenvalue weighted by atomic mass is 16.5. The van der Waals surface area contributed by atoms with Crippen molar-refractivity contribution in [2.45, 2.75) is 19.4 Å². The monoisotopic (exact) mass is 361 g/mol. The summed E-state index contributed by atoms with van der Waals surface area (Å²) in [6, 6.07) is 7.91. The molecule has 0 radical (unpaired) electrons. The number of aliphatic carboxylic acids is 1. The van der Waals surface area contributed by atoms with Gasteiger partial charge in [-0.3, -0.25) is 19.4 Å². The van der Waals surface area contributed by atoms with Gasteiger partial charge < -0.3 is 15.2 Å². The van der Waals surface area contributed by atoms with Crippen molar-refractivity contribution in [1.29, 1.82) is 0 Å². The number of nitrogens with zero attached hydrogens (tertiary/aromatic N) is 2. The fraction of sp³-hybridized carbons (Fsp3) is 0.579. The fourth-order valence-corrected chi connectivity index (χ4v) is 3.52. The largest absolute Gasteiger partial charge is 0.481 e. The third-order valence-corrected chi connectivity index (χ3v) is 4.97. The van der Waals surface area contributed by atoms with Gasteiger partial charge in [0.2, 0.25) is 5.91 Å². The van der Waals surface area contributed by atoms with Crippen molar-refractivity contribution in [3.05, 3.63) is 29.8 Å². The highest BCUT2D eigenvalue weighted by molar-refractivity contribution is 5.92. The molecule has 142 valence electrons. The van der Waals surface area contributed by atoms with E-state index in [1.54, 1.807) is 0 Å². The standard InChI is InChI=1S/C19H27N3O4/c23-18(14-22-7-1-2-16(13-22)19(24)25)20-17-5-3-15(4-6-17)12-21-8-10-26-11-9-21/h3-6,16H,1-2,7-14H2,(H,20,23)(H,24,25). The van der Waals surface area contributed by atoms with Crippen LogP contribution in [0, 0.1) is 5.92 Å². The van der Waals surface area contributed by atoms with Crippen molar-refractivity contribution in [2.24, 2.45) is 5.92 Å². The van der Waals surface area contributed by atoms with Crippen LogP contribution in [0.1, 0.15) is 18.4 Å². The topological polar surface area (TPSA) is 82.1 Å². The molecule has 0 aromatic heterocycles. The zero-order valence-corrected chi connectivity index (χ0v) is 15.0. The smallest absolute Gasteiger partial charge is 0.307 e. The number of anilines is 1. The molecule has 0 aliphatic carbocycles. The highest BCUT2D eigenvalue weighted by Crippen LogP contribution is 2.17. The summed E-state index contributed by atoms with van der Waals surface area (Å²) in [6.45, 7) is 5.82. The molecular weight excluding hydrogens is 334 g/mol. The van der Waals surface area contributed by atoms with Crippen LogP contribution in [-0.4, -0.2) is 72.7 Å². The van der Waals surface area contributed by atoms with Gasteiger partial charge in [-0.15, -0.1) is 0 Å². The van der Waals surface area contributed by atoms with Gasteiger partial charge in [0, 0.05) is 31.9 Å². The number of carbonyl (C=O) groups excluding carboxylic acids is 1. The summed E-state index contributed by atoms with van der Waals surface area (Å²) < 4.78 is 5.36. The number of rotatable bonds is 6. The molecule has 26 heavy (non-hydrogen) atoms. The van der Waals surface area contributed by atoms with Gasteiger partial charge >= 0.3 is 5.97 Å². The normalized spacial score (nSPS) is 22.1. The van der Waals surface area contributed by atoms with Crippen LogP contribution in [0.4, 0.5) is 5.69 Å². The van der Waals surface area contributed by atoms with Crippen LogP contribution in [0.25, 0.3) is 0 Å². The first-order valence-electron chi connectivity index (χ1n) is 9.24. The van der Waals surface area contributed by atoms with E-state index in [2.05, 4.69) is 10.2 Å². The molecule has 2 aliphatic rings. The first-order valence-corrected chi connectivity index (χ1v) is 9.24. The number of nitrogens with one attached hydrogen (secondary N) is 1. The summed E-state index contributed by atoms with van der Waals surface area (Å²) in [5, 5.41) is 12.0. The van der Waals surface area contributed by atoms with Crippen LogP contribution in [0.5, 0.6) is 0 Å². The summed E-state index contributed by atoms with van der Waals surface area (Å²) >= 11 is 0. The Balaban J connectivity index is 1.45. The SMILES string of the molecule is O=C(CN1CCCC(C(=O)O)C1)Nc1ccc(CN2CCOCC2)cc1. The molecule has 2 fully saturated rings. The summed E-state index contributed by atoms with van der Waals surface area (Å²) in [5.74, 6) is -1.24. The number of carbonyl (C=O) groups is 2. The highest BCUT2D eigenvalue weighted by Gasteiger charge is 2.26. The summed E-state index contributed by atoms with van der Waals surface area (Å²) in [6.07, 6.45) is 1.51. The number of carboxylic acids is 1. The quantitative estimate of drug-likeness (QED) is 0.794. The zero-order chi connectivity index (χ0) is 18.4. The molecule has 2 heterocycles. The van der Waals surface area contributed by atoms with E-state index in [1.165, 1.54) is 5.56 Å². The van der Waals surface area contributed by atoms with Crippen LogP contribution in [0.2, 0.25) is 0 Å². The Morgan fingerprint density at radius 3 is 2.54 bits per heavy atom. The Labute approximate surface area is 153 Å². The van der Waals surface area contributed by atoms with Gasteiger partial charge in [-0.2, -0.15) is 0 Å². The van der Waals surface area contributed by atoms with Gasteiger partial charge in [0.1, 0.15) is 0 Å². The van der Waals surface area contributed by atoms with Gasteiger partial charge in [-0.05, 0) is 37.1 Å². The van der Waals surface area contributed by atoms with E-state index >= 15 is 0 Å². The maximum atomic E-state index is 12.2. The molecule has 1 unspecified atom stereocenters. The number of carboxylic acid groups (broad SMARTS) is 1. The van der Waals surface area contributed by atoms with Gasteiger partial charge in [0.05, 0.1) is 25.7 Å². The molecular formula is C19H27N3O4. The lowest BCUT2D eigenvalue weighted by Crippen LogP contribution is -2.42. The van der Waals surface area contributed by atoms with Crippen LogP contribution in [0.3, 0.4) is 0 Å². The van der Waals surface area contributed by atoms with E-state index in [-0.39, 0.29) is 18.4 Å². The summed E-state index contributed by atoms with van der Waals surface area (Å²) in [5.41, 5.74) is 1.98. The van der Waals surface area contributed by atoms with Crippen molar-refractivity contribution in [3.8, 4) is 0 Å². The van der Waals surface area contributed by atoms with Crippen molar-refractivity contribution >= 4 is 17.6 Å². The third-order valence-electron chi connectivity index (χ3n) is 4.97. The minimum absolute atomic E-state index is 0.100. The average Bonchev–Trinajstić information content (AvgIpc) is 2.64. The number of hydrogen-bond donors (Lipinski definition) is 2. The molecule has 0 bridgehead atoms. The van der Waals surface area contributed by atoms with Crippen LogP contribution < -0.4 is 5.32 Å².